The van der Waals surface area contributed by atoms with Crippen molar-refractivity contribution < 1.29 is 0 Å². The van der Waals surface area contributed by atoms with Crippen molar-refractivity contribution in [3.63, 3.8) is 0 Å². The SMILES string of the molecule is C1=CN2C[C@]3(C=C1)C=CC=C3N2. The third-order valence-electron chi connectivity index (χ3n) is 2.62. The van der Waals surface area contributed by atoms with Gasteiger partial charge in [0.15, 0.2) is 0 Å². The monoisotopic (exact) mass is 158 g/mol. The van der Waals surface area contributed by atoms with Crippen LogP contribution in [0.15, 0.2) is 48.4 Å². The van der Waals surface area contributed by atoms with E-state index in [4.69, 9.17) is 0 Å². The molecule has 60 valence electrons. The summed E-state index contributed by atoms with van der Waals surface area (Å²) in [7, 11) is 0. The second-order valence-corrected chi connectivity index (χ2v) is 3.42. The molecule has 1 atom stereocenters. The third kappa shape index (κ3) is 0.600. The Kier molecular flexibility index (Phi) is 0.933. The lowest BCUT2D eigenvalue weighted by Crippen LogP contribution is -2.24. The fraction of sp³-hybridized carbons (Fsp3) is 0.200. The molecule has 1 N–H and O–H groups in total. The summed E-state index contributed by atoms with van der Waals surface area (Å²) in [6.07, 6.45) is 15.0. The van der Waals surface area contributed by atoms with Gasteiger partial charge >= 0.3 is 0 Å². The first kappa shape index (κ1) is 6.12. The molecule has 3 rings (SSSR count). The highest BCUT2D eigenvalue weighted by Gasteiger charge is 2.39. The van der Waals surface area contributed by atoms with Gasteiger partial charge in [-0.2, -0.15) is 0 Å². The van der Waals surface area contributed by atoms with Crippen molar-refractivity contribution in [2.75, 3.05) is 6.54 Å². The van der Waals surface area contributed by atoms with Crippen LogP contribution in [0, 0.1) is 5.41 Å². The van der Waals surface area contributed by atoms with Gasteiger partial charge < -0.3 is 5.43 Å². The Bertz CT molecular complexity index is 336. The maximum Gasteiger partial charge on any atom is 0.0679 e. The Labute approximate surface area is 71.5 Å². The van der Waals surface area contributed by atoms with Crippen LogP contribution in [-0.4, -0.2) is 11.6 Å². The van der Waals surface area contributed by atoms with E-state index >= 15 is 0 Å². The van der Waals surface area contributed by atoms with E-state index in [1.54, 1.807) is 0 Å². The average Bonchev–Trinajstić information content (AvgIpc) is 2.39. The average molecular weight is 158 g/mol. The van der Waals surface area contributed by atoms with Crippen molar-refractivity contribution in [2.24, 2.45) is 5.41 Å². The summed E-state index contributed by atoms with van der Waals surface area (Å²) in [5.41, 5.74) is 4.78. The van der Waals surface area contributed by atoms with Gasteiger partial charge in [-0.15, -0.1) is 0 Å². The van der Waals surface area contributed by atoms with Crippen LogP contribution >= 0.6 is 0 Å². The van der Waals surface area contributed by atoms with E-state index in [0.29, 0.717) is 0 Å². The van der Waals surface area contributed by atoms with E-state index in [0.717, 1.165) is 6.54 Å². The van der Waals surface area contributed by atoms with Crippen LogP contribution in [0.1, 0.15) is 0 Å². The highest BCUT2D eigenvalue weighted by Crippen LogP contribution is 2.40. The summed E-state index contributed by atoms with van der Waals surface area (Å²) < 4.78 is 0. The zero-order valence-electron chi connectivity index (χ0n) is 6.70. The van der Waals surface area contributed by atoms with Gasteiger partial charge in [-0.3, -0.25) is 5.01 Å². The predicted molar refractivity (Wildman–Crippen MR) is 47.8 cm³/mol. The molecule has 12 heavy (non-hydrogen) atoms. The van der Waals surface area contributed by atoms with Crippen LogP contribution in [0.25, 0.3) is 0 Å². The minimum Gasteiger partial charge on any atom is -0.302 e. The van der Waals surface area contributed by atoms with Gasteiger partial charge in [0.05, 0.1) is 12.0 Å². The molecule has 0 radical (unpaired) electrons. The van der Waals surface area contributed by atoms with Crippen LogP contribution in [0.3, 0.4) is 0 Å². The summed E-state index contributed by atoms with van der Waals surface area (Å²) in [5, 5.41) is 2.12. The number of hydrogen-bond donors (Lipinski definition) is 1. The quantitative estimate of drug-likeness (QED) is 0.572. The number of allylic oxidation sites excluding steroid dienone is 4. The number of nitrogens with zero attached hydrogens (tertiary/aromatic N) is 1. The molecule has 0 aromatic rings. The molecule has 1 aliphatic carbocycles. The number of nitrogens with one attached hydrogen (secondary N) is 1. The largest absolute Gasteiger partial charge is 0.302 e. The van der Waals surface area contributed by atoms with Crippen LogP contribution in [0.2, 0.25) is 0 Å². The van der Waals surface area contributed by atoms with Crippen molar-refractivity contribution in [1.29, 1.82) is 0 Å². The smallest absolute Gasteiger partial charge is 0.0679 e. The topological polar surface area (TPSA) is 15.3 Å². The second-order valence-electron chi connectivity index (χ2n) is 3.42. The molecule has 0 amide bonds. The van der Waals surface area contributed by atoms with Crippen molar-refractivity contribution in [2.45, 2.75) is 0 Å². The maximum atomic E-state index is 3.34. The molecule has 2 nitrogen and oxygen atoms in total. The Hall–Kier alpha value is -1.44. The van der Waals surface area contributed by atoms with Gasteiger partial charge in [-0.1, -0.05) is 24.3 Å². The van der Waals surface area contributed by atoms with Crippen molar-refractivity contribution >= 4 is 0 Å². The van der Waals surface area contributed by atoms with Crippen LogP contribution in [0.5, 0.6) is 0 Å². The number of fused-ring (bicyclic) bond motifs is 1. The molecular weight excluding hydrogens is 148 g/mol. The van der Waals surface area contributed by atoms with E-state index in [2.05, 4.69) is 53.1 Å². The Balaban J connectivity index is 2.15. The summed E-state index contributed by atoms with van der Waals surface area (Å²) in [4.78, 5) is 0. The molecule has 2 heteroatoms. The molecule has 1 fully saturated rings. The maximum absolute atomic E-state index is 3.34. The number of rotatable bonds is 0. The van der Waals surface area contributed by atoms with Gasteiger partial charge in [-0.05, 0) is 12.2 Å². The van der Waals surface area contributed by atoms with Gasteiger partial charge in [0, 0.05) is 11.9 Å². The van der Waals surface area contributed by atoms with E-state index in [1.807, 2.05) is 0 Å². The van der Waals surface area contributed by atoms with Crippen LogP contribution in [-0.2, 0) is 0 Å². The van der Waals surface area contributed by atoms with Crippen molar-refractivity contribution in [1.82, 2.24) is 10.4 Å². The third-order valence-corrected chi connectivity index (χ3v) is 2.62. The van der Waals surface area contributed by atoms with Crippen molar-refractivity contribution in [3.05, 3.63) is 48.4 Å². The number of hydrogen-bond acceptors (Lipinski definition) is 2. The van der Waals surface area contributed by atoms with E-state index in [-0.39, 0.29) is 5.41 Å². The zero-order valence-corrected chi connectivity index (χ0v) is 6.70. The lowest BCUT2D eigenvalue weighted by atomic mass is 9.88. The Morgan fingerprint density at radius 1 is 1.25 bits per heavy atom. The Morgan fingerprint density at radius 2 is 2.17 bits per heavy atom. The van der Waals surface area contributed by atoms with Gasteiger partial charge in [0.1, 0.15) is 0 Å². The van der Waals surface area contributed by atoms with E-state index in [9.17, 15) is 0 Å². The highest BCUT2D eigenvalue weighted by atomic mass is 15.5. The fourth-order valence-corrected chi connectivity index (χ4v) is 1.99. The molecular formula is C10H10N2. The minimum atomic E-state index is 0.142. The minimum absolute atomic E-state index is 0.142. The predicted octanol–water partition coefficient (Wildman–Crippen LogP) is 1.33. The second kappa shape index (κ2) is 1.83. The first-order chi connectivity index (χ1) is 5.89. The molecule has 2 bridgehead atoms. The summed E-state index contributed by atoms with van der Waals surface area (Å²) in [5.74, 6) is 0. The molecule has 3 aliphatic rings. The molecule has 2 heterocycles. The van der Waals surface area contributed by atoms with Crippen molar-refractivity contribution in [3.8, 4) is 0 Å². The zero-order chi connectivity index (χ0) is 8.02. The fourth-order valence-electron chi connectivity index (χ4n) is 1.99. The normalized spacial score (nSPS) is 34.7. The van der Waals surface area contributed by atoms with Crippen LogP contribution < -0.4 is 5.43 Å². The van der Waals surface area contributed by atoms with Crippen LogP contribution in [0.4, 0.5) is 0 Å². The standard InChI is InChI=1S/C10H10N2/c1-2-7-12-8-10(5-1)6-3-4-9(10)11-12/h1-7,11H,8H2/t10-/m0/s1. The Morgan fingerprint density at radius 3 is 3.17 bits per heavy atom. The van der Waals surface area contributed by atoms with Gasteiger partial charge in [-0.25, -0.2) is 0 Å². The molecule has 1 saturated heterocycles. The molecule has 0 aromatic heterocycles. The first-order valence-electron chi connectivity index (χ1n) is 4.18. The number of hydrazine groups is 1. The summed E-state index contributed by atoms with van der Waals surface area (Å²) >= 11 is 0. The lowest BCUT2D eigenvalue weighted by Gasteiger charge is -2.15. The van der Waals surface area contributed by atoms with E-state index < -0.39 is 0 Å². The van der Waals surface area contributed by atoms with Gasteiger partial charge in [0.2, 0.25) is 0 Å². The lowest BCUT2D eigenvalue weighted by molar-refractivity contribution is 0.354. The molecule has 0 unspecified atom stereocenters. The summed E-state index contributed by atoms with van der Waals surface area (Å²) in [6, 6.07) is 0. The van der Waals surface area contributed by atoms with E-state index in [1.165, 1.54) is 5.70 Å². The first-order valence-corrected chi connectivity index (χ1v) is 4.18. The highest BCUT2D eigenvalue weighted by molar-refractivity contribution is 5.42. The molecule has 2 aliphatic heterocycles. The molecule has 0 saturated carbocycles. The molecule has 1 spiro atoms. The molecule has 0 aromatic carbocycles. The summed E-state index contributed by atoms with van der Waals surface area (Å²) in [6.45, 7) is 1.02. The van der Waals surface area contributed by atoms with Gasteiger partial charge in [0.25, 0.3) is 0 Å².